The lowest BCUT2D eigenvalue weighted by Gasteiger charge is -2.41. The highest BCUT2D eigenvalue weighted by Gasteiger charge is 2.51. The molecule has 0 spiro atoms. The molecule has 1 fully saturated rings. The first-order chi connectivity index (χ1) is 30.2. The Morgan fingerprint density at radius 1 is 0.571 bits per heavy atom. The van der Waals surface area contributed by atoms with Gasteiger partial charge in [-0.1, -0.05) is 126 Å². The summed E-state index contributed by atoms with van der Waals surface area (Å²) in [7, 11) is -5.20. The minimum absolute atomic E-state index is 0.0635. The zero-order valence-electron chi connectivity index (χ0n) is 37.8. The number of carbonyl (C=O) groups excluding carboxylic acids is 2. The topological polar surface area (TPSA) is 250 Å². The molecule has 1 rings (SSSR count). The Kier molecular flexibility index (Phi) is 34.0. The second-order valence-electron chi connectivity index (χ2n) is 16.2. The molecule has 0 aromatic carbocycles. The number of aliphatic hydroxyl groups is 7. The number of hydrogen-bond donors (Lipinski definition) is 8. The number of carbonyl (C=O) groups is 2. The summed E-state index contributed by atoms with van der Waals surface area (Å²) < 4.78 is 33.3. The van der Waals surface area contributed by atoms with Crippen LogP contribution in [0.25, 0.3) is 0 Å². The SMILES string of the molecule is CC/C=C\C/C=C\C/C=C\C/C=C\C[C@@H](O)[C@H](O)CCCC(=O)O[C@H](COC(=O)CCCCCCC/C=C\CCCCCCCC)COP(=O)(O)OC1[C@H](O)[C@H](O)C(O)[C@H](O)[C@H]1O. The molecule has 16 heteroatoms. The van der Waals surface area contributed by atoms with E-state index in [1.165, 1.54) is 38.5 Å². The molecular formula is C47H81O15P. The van der Waals surface area contributed by atoms with E-state index in [0.29, 0.717) is 12.8 Å². The van der Waals surface area contributed by atoms with Crippen LogP contribution >= 0.6 is 7.82 Å². The molecule has 0 aliphatic heterocycles. The van der Waals surface area contributed by atoms with E-state index < -0.39 is 87.9 Å². The van der Waals surface area contributed by atoms with E-state index in [-0.39, 0.29) is 32.1 Å². The van der Waals surface area contributed by atoms with Crippen LogP contribution in [0.2, 0.25) is 0 Å². The largest absolute Gasteiger partial charge is 0.472 e. The fourth-order valence-electron chi connectivity index (χ4n) is 6.66. The van der Waals surface area contributed by atoms with Gasteiger partial charge in [0.2, 0.25) is 0 Å². The summed E-state index contributed by atoms with van der Waals surface area (Å²) in [5.74, 6) is -1.40. The lowest BCUT2D eigenvalue weighted by Crippen LogP contribution is -2.64. The van der Waals surface area contributed by atoms with Gasteiger partial charge in [0.05, 0.1) is 18.8 Å². The number of unbranched alkanes of at least 4 members (excludes halogenated alkanes) is 11. The number of hydrogen-bond acceptors (Lipinski definition) is 14. The minimum Gasteiger partial charge on any atom is -0.462 e. The van der Waals surface area contributed by atoms with Crippen LogP contribution in [0, 0.1) is 0 Å². The van der Waals surface area contributed by atoms with Gasteiger partial charge in [-0.25, -0.2) is 4.57 Å². The van der Waals surface area contributed by atoms with E-state index in [1.807, 2.05) is 18.2 Å². The third-order valence-electron chi connectivity index (χ3n) is 10.5. The summed E-state index contributed by atoms with van der Waals surface area (Å²) in [6, 6.07) is 0. The van der Waals surface area contributed by atoms with E-state index in [1.54, 1.807) is 6.08 Å². The van der Waals surface area contributed by atoms with Crippen LogP contribution in [0.4, 0.5) is 0 Å². The molecule has 0 aromatic heterocycles. The summed E-state index contributed by atoms with van der Waals surface area (Å²) in [6.07, 6.45) is 22.8. The van der Waals surface area contributed by atoms with E-state index >= 15 is 0 Å². The van der Waals surface area contributed by atoms with Crippen molar-refractivity contribution < 1.29 is 73.3 Å². The molecule has 8 N–H and O–H groups in total. The van der Waals surface area contributed by atoms with Crippen molar-refractivity contribution in [3.8, 4) is 0 Å². The lowest BCUT2D eigenvalue weighted by molar-refractivity contribution is -0.220. The number of allylic oxidation sites excluding steroid dienone is 9. The third-order valence-corrected chi connectivity index (χ3v) is 11.5. The highest BCUT2D eigenvalue weighted by atomic mass is 31.2. The summed E-state index contributed by atoms with van der Waals surface area (Å²) >= 11 is 0. The standard InChI is InChI=1S/C47H81O15P/c1-3-5-7-9-11-13-15-17-18-19-21-23-25-27-29-33-40(50)59-35-37(36-60-63(57,58)62-47-45(55)43(53)42(52)44(54)46(47)56)61-41(51)34-30-32-39(49)38(48)31-28-26-24-22-20-16-14-12-10-8-6-4-2/h6,8,12,14,17-18,20,22,26,28,37-39,42-49,52-56H,3-5,7,9-11,13,15-16,19,21,23-25,27,29-36H2,1-2H3,(H,57,58)/b8-6-,14-12-,18-17-,22-20-,28-26-/t37-,38-,39-,42?,43-,44+,45-,46-,47?/m1/s1. The Morgan fingerprint density at radius 2 is 1.06 bits per heavy atom. The second kappa shape index (κ2) is 36.7. The van der Waals surface area contributed by atoms with Crippen molar-refractivity contribution in [3.05, 3.63) is 60.8 Å². The highest BCUT2D eigenvalue weighted by Crippen LogP contribution is 2.47. The van der Waals surface area contributed by atoms with Crippen LogP contribution in [0.1, 0.15) is 155 Å². The average molecular weight is 917 g/mol. The molecule has 0 saturated heterocycles. The van der Waals surface area contributed by atoms with Crippen LogP contribution in [0.5, 0.6) is 0 Å². The number of phosphoric ester groups is 1. The van der Waals surface area contributed by atoms with Crippen LogP contribution in [-0.4, -0.2) is 121 Å². The molecule has 0 bridgehead atoms. The quantitative estimate of drug-likeness (QED) is 0.0137. The molecule has 15 nitrogen and oxygen atoms in total. The average Bonchev–Trinajstić information content (AvgIpc) is 3.26. The van der Waals surface area contributed by atoms with Crippen molar-refractivity contribution in [2.45, 2.75) is 210 Å². The van der Waals surface area contributed by atoms with Crippen molar-refractivity contribution in [1.82, 2.24) is 0 Å². The van der Waals surface area contributed by atoms with Gasteiger partial charge in [-0.05, 0) is 77.0 Å². The van der Waals surface area contributed by atoms with E-state index in [0.717, 1.165) is 57.8 Å². The molecular weight excluding hydrogens is 835 g/mol. The Balaban J connectivity index is 2.59. The first-order valence-electron chi connectivity index (χ1n) is 23.3. The molecule has 1 aliphatic carbocycles. The number of rotatable bonds is 37. The highest BCUT2D eigenvalue weighted by molar-refractivity contribution is 7.47. The Labute approximate surface area is 376 Å². The van der Waals surface area contributed by atoms with Gasteiger partial charge in [0.25, 0.3) is 0 Å². The number of esters is 2. The molecule has 0 amide bonds. The van der Waals surface area contributed by atoms with Crippen LogP contribution in [0.3, 0.4) is 0 Å². The van der Waals surface area contributed by atoms with Crippen molar-refractivity contribution in [2.24, 2.45) is 0 Å². The molecule has 0 radical (unpaired) electrons. The van der Waals surface area contributed by atoms with Crippen molar-refractivity contribution in [2.75, 3.05) is 13.2 Å². The molecule has 0 aromatic rings. The first-order valence-corrected chi connectivity index (χ1v) is 24.8. The van der Waals surface area contributed by atoms with Crippen LogP contribution < -0.4 is 0 Å². The van der Waals surface area contributed by atoms with Gasteiger partial charge in [-0.2, -0.15) is 0 Å². The van der Waals surface area contributed by atoms with Gasteiger partial charge < -0.3 is 50.1 Å². The van der Waals surface area contributed by atoms with E-state index in [9.17, 15) is 54.8 Å². The summed E-state index contributed by atoms with van der Waals surface area (Å²) in [6.45, 7) is 2.92. The predicted octanol–water partition coefficient (Wildman–Crippen LogP) is 6.89. The maximum atomic E-state index is 12.8. The number of aliphatic hydroxyl groups excluding tert-OH is 7. The van der Waals surface area contributed by atoms with E-state index in [4.69, 9.17) is 18.5 Å². The molecule has 10 atom stereocenters. The molecule has 1 saturated carbocycles. The lowest BCUT2D eigenvalue weighted by atomic mass is 9.85. The van der Waals surface area contributed by atoms with Gasteiger partial charge in [0.15, 0.2) is 6.10 Å². The molecule has 364 valence electrons. The fourth-order valence-corrected chi connectivity index (χ4v) is 7.64. The second-order valence-corrected chi connectivity index (χ2v) is 17.6. The Bertz CT molecular complexity index is 1370. The molecule has 1 aliphatic rings. The monoisotopic (exact) mass is 917 g/mol. The van der Waals surface area contributed by atoms with Crippen molar-refractivity contribution >= 4 is 19.8 Å². The Hall–Kier alpha value is -2.53. The smallest absolute Gasteiger partial charge is 0.462 e. The zero-order chi connectivity index (χ0) is 46.7. The van der Waals surface area contributed by atoms with Gasteiger partial charge in [0, 0.05) is 12.8 Å². The van der Waals surface area contributed by atoms with E-state index in [2.05, 4.69) is 50.3 Å². The molecule has 0 heterocycles. The fraction of sp³-hybridized carbons (Fsp3) is 0.745. The van der Waals surface area contributed by atoms with Gasteiger partial charge in [-0.15, -0.1) is 0 Å². The summed E-state index contributed by atoms with van der Waals surface area (Å²) in [5, 5.41) is 71.0. The van der Waals surface area contributed by atoms with Gasteiger partial charge in [-0.3, -0.25) is 18.6 Å². The predicted molar refractivity (Wildman–Crippen MR) is 242 cm³/mol. The molecule has 63 heavy (non-hydrogen) atoms. The maximum Gasteiger partial charge on any atom is 0.472 e. The van der Waals surface area contributed by atoms with Gasteiger partial charge in [0.1, 0.15) is 43.2 Å². The normalized spacial score (nSPS) is 23.3. The van der Waals surface area contributed by atoms with Gasteiger partial charge >= 0.3 is 19.8 Å². The number of phosphoric acid groups is 1. The van der Waals surface area contributed by atoms with Crippen molar-refractivity contribution in [1.29, 1.82) is 0 Å². The third kappa shape index (κ3) is 28.9. The number of ether oxygens (including phenoxy) is 2. The van der Waals surface area contributed by atoms with Crippen LogP contribution in [0.15, 0.2) is 60.8 Å². The summed E-state index contributed by atoms with van der Waals surface area (Å²) in [5.41, 5.74) is 0. The maximum absolute atomic E-state index is 12.8. The Morgan fingerprint density at radius 3 is 1.63 bits per heavy atom. The molecule has 3 unspecified atom stereocenters. The first kappa shape index (κ1) is 58.5. The van der Waals surface area contributed by atoms with Crippen LogP contribution in [-0.2, 0) is 32.7 Å². The zero-order valence-corrected chi connectivity index (χ0v) is 38.7. The van der Waals surface area contributed by atoms with Crippen molar-refractivity contribution in [3.63, 3.8) is 0 Å². The minimum atomic E-state index is -5.20. The summed E-state index contributed by atoms with van der Waals surface area (Å²) in [4.78, 5) is 35.8.